The first kappa shape index (κ1) is 23.4. The molecule has 2 aromatic heterocycles. The van der Waals surface area contributed by atoms with Crippen LogP contribution in [0.5, 0.6) is 0 Å². The van der Waals surface area contributed by atoms with Gasteiger partial charge in [-0.15, -0.1) is 0 Å². The summed E-state index contributed by atoms with van der Waals surface area (Å²) in [6.45, 7) is 4.73. The summed E-state index contributed by atoms with van der Waals surface area (Å²) in [5, 5.41) is 5.15. The van der Waals surface area contributed by atoms with Crippen LogP contribution in [0.4, 0.5) is 17.6 Å². The van der Waals surface area contributed by atoms with Crippen molar-refractivity contribution in [3.05, 3.63) is 60.6 Å². The van der Waals surface area contributed by atoms with Gasteiger partial charge >= 0.3 is 12.1 Å². The molecular formula is C23H20F4N4O3. The number of carbonyl (C=O) groups excluding carboxylic acids is 2. The largest absolute Gasteiger partial charge is 0.466 e. The molecule has 0 saturated carbocycles. The molecule has 1 aliphatic rings. The Morgan fingerprint density at radius 2 is 1.85 bits per heavy atom. The maximum atomic E-state index is 13.4. The Hall–Kier alpha value is -3.76. The van der Waals surface area contributed by atoms with Crippen molar-refractivity contribution in [2.24, 2.45) is 0 Å². The lowest BCUT2D eigenvalue weighted by atomic mass is 9.86. The highest BCUT2D eigenvalue weighted by Crippen LogP contribution is 2.39. The van der Waals surface area contributed by atoms with Crippen molar-refractivity contribution in [3.63, 3.8) is 0 Å². The van der Waals surface area contributed by atoms with Crippen LogP contribution in [0.3, 0.4) is 0 Å². The first-order chi connectivity index (χ1) is 16.1. The highest BCUT2D eigenvalue weighted by Gasteiger charge is 2.51. The topological polar surface area (TPSA) is 77.3 Å². The molecule has 11 heteroatoms. The van der Waals surface area contributed by atoms with E-state index in [1.165, 1.54) is 27.9 Å². The first-order valence-electron chi connectivity index (χ1n) is 10.4. The van der Waals surface area contributed by atoms with Gasteiger partial charge in [0.15, 0.2) is 11.5 Å². The van der Waals surface area contributed by atoms with Crippen LogP contribution in [-0.4, -0.2) is 51.2 Å². The van der Waals surface area contributed by atoms with Gasteiger partial charge in [0.05, 0.1) is 18.6 Å². The van der Waals surface area contributed by atoms with E-state index in [2.05, 4.69) is 16.7 Å². The fourth-order valence-electron chi connectivity index (χ4n) is 4.09. The minimum Gasteiger partial charge on any atom is -0.466 e. The van der Waals surface area contributed by atoms with Crippen molar-refractivity contribution < 1.29 is 31.9 Å². The van der Waals surface area contributed by atoms with Gasteiger partial charge in [0, 0.05) is 30.2 Å². The summed E-state index contributed by atoms with van der Waals surface area (Å²) in [4.78, 5) is 30.0. The van der Waals surface area contributed by atoms with Gasteiger partial charge in [0.25, 0.3) is 5.91 Å². The number of halogens is 4. The van der Waals surface area contributed by atoms with Gasteiger partial charge in [-0.25, -0.2) is 14.1 Å². The number of nitrogens with zero attached hydrogens (tertiary/aromatic N) is 4. The van der Waals surface area contributed by atoms with Crippen molar-refractivity contribution in [1.82, 2.24) is 19.7 Å². The molecule has 0 bridgehead atoms. The Morgan fingerprint density at radius 3 is 2.44 bits per heavy atom. The van der Waals surface area contributed by atoms with Gasteiger partial charge in [-0.2, -0.15) is 18.3 Å². The molecule has 178 valence electrons. The maximum Gasteiger partial charge on any atom is 0.416 e. The second-order valence-corrected chi connectivity index (χ2v) is 7.98. The highest BCUT2D eigenvalue weighted by atomic mass is 19.4. The first-order valence-corrected chi connectivity index (χ1v) is 10.4. The lowest BCUT2D eigenvalue weighted by Gasteiger charge is -2.49. The van der Waals surface area contributed by atoms with Crippen molar-refractivity contribution in [1.29, 1.82) is 0 Å². The van der Waals surface area contributed by atoms with Gasteiger partial charge in [0.1, 0.15) is 11.2 Å². The number of hydrogen-bond acceptors (Lipinski definition) is 5. The van der Waals surface area contributed by atoms with E-state index in [-0.39, 0.29) is 26.1 Å². The molecule has 7 nitrogen and oxygen atoms in total. The Morgan fingerprint density at radius 1 is 1.18 bits per heavy atom. The number of fused-ring (bicyclic) bond motifs is 1. The van der Waals surface area contributed by atoms with Gasteiger partial charge in [-0.05, 0) is 31.2 Å². The van der Waals surface area contributed by atoms with Crippen molar-refractivity contribution >= 4 is 22.9 Å². The number of ether oxygens (including phenoxy) is 1. The van der Waals surface area contributed by atoms with Crippen LogP contribution < -0.4 is 0 Å². The molecule has 0 N–H and O–H groups in total. The average Bonchev–Trinajstić information content (AvgIpc) is 3.15. The fourth-order valence-corrected chi connectivity index (χ4v) is 4.09. The molecule has 3 heterocycles. The molecule has 0 unspecified atom stereocenters. The molecule has 1 saturated heterocycles. The molecule has 1 aromatic carbocycles. The molecule has 1 amide bonds. The van der Waals surface area contributed by atoms with Gasteiger partial charge in [-0.1, -0.05) is 18.7 Å². The molecule has 1 aliphatic heterocycles. The summed E-state index contributed by atoms with van der Waals surface area (Å²) in [7, 11) is 0. The number of esters is 1. The average molecular weight is 476 g/mol. The third kappa shape index (κ3) is 4.13. The highest BCUT2D eigenvalue weighted by molar-refractivity contribution is 5.93. The van der Waals surface area contributed by atoms with Crippen LogP contribution in [0.2, 0.25) is 0 Å². The standard InChI is InChI=1S/C23H20F4N4O3/c1-3-34-18(32)11-22(12-30(13-22)21(33)14(2)24)31-20-17(5-4-10-28-20)19(29-31)15-6-8-16(9-7-15)23(25,26)27/h4-10H,2-3,11-13H2,1H3. The van der Waals surface area contributed by atoms with Gasteiger partial charge in [0.2, 0.25) is 0 Å². The van der Waals surface area contributed by atoms with E-state index in [1.807, 2.05) is 0 Å². The van der Waals surface area contributed by atoms with Crippen LogP contribution >= 0.6 is 0 Å². The van der Waals surface area contributed by atoms with Crippen LogP contribution in [0, 0.1) is 0 Å². The second kappa shape index (κ2) is 8.54. The summed E-state index contributed by atoms with van der Waals surface area (Å²) in [5.41, 5.74) is -0.724. The molecule has 4 rings (SSSR count). The predicted molar refractivity (Wildman–Crippen MR) is 114 cm³/mol. The monoisotopic (exact) mass is 476 g/mol. The van der Waals surface area contributed by atoms with E-state index in [0.29, 0.717) is 22.3 Å². The zero-order valence-electron chi connectivity index (χ0n) is 18.1. The van der Waals surface area contributed by atoms with Crippen molar-refractivity contribution in [2.75, 3.05) is 19.7 Å². The molecule has 34 heavy (non-hydrogen) atoms. The van der Waals surface area contributed by atoms with E-state index < -0.39 is 35.0 Å². The van der Waals surface area contributed by atoms with Crippen molar-refractivity contribution in [3.8, 4) is 11.3 Å². The Balaban J connectivity index is 1.79. The zero-order chi connectivity index (χ0) is 24.7. The summed E-state index contributed by atoms with van der Waals surface area (Å²) >= 11 is 0. The molecule has 0 aliphatic carbocycles. The Kier molecular flexibility index (Phi) is 5.88. The third-order valence-corrected chi connectivity index (χ3v) is 5.65. The molecule has 0 atom stereocenters. The number of carbonyl (C=O) groups is 2. The SMILES string of the molecule is C=C(F)C(=O)N1CC(CC(=O)OCC)(n2nc(-c3ccc(C(F)(F)F)cc3)c3cccnc32)C1. The number of benzene rings is 1. The minimum atomic E-state index is -4.48. The second-order valence-electron chi connectivity index (χ2n) is 7.98. The normalized spacial score (nSPS) is 15.1. The summed E-state index contributed by atoms with van der Waals surface area (Å²) < 4.78 is 59.0. The smallest absolute Gasteiger partial charge is 0.416 e. The number of amides is 1. The summed E-state index contributed by atoms with van der Waals surface area (Å²) in [5.74, 6) is -2.56. The predicted octanol–water partition coefficient (Wildman–Crippen LogP) is 4.09. The minimum absolute atomic E-state index is 0.0482. The van der Waals surface area contributed by atoms with E-state index >= 15 is 0 Å². The lowest BCUT2D eigenvalue weighted by molar-refractivity contribution is -0.154. The molecule has 1 fully saturated rings. The number of rotatable bonds is 6. The summed E-state index contributed by atoms with van der Waals surface area (Å²) in [6, 6.07) is 7.90. The molecular weight excluding hydrogens is 456 g/mol. The summed E-state index contributed by atoms with van der Waals surface area (Å²) in [6.07, 6.45) is -3.13. The maximum absolute atomic E-state index is 13.4. The Bertz CT molecular complexity index is 1260. The van der Waals surface area contributed by atoms with Gasteiger partial charge < -0.3 is 9.64 Å². The molecule has 3 aromatic rings. The number of aromatic nitrogens is 3. The van der Waals surface area contributed by atoms with E-state index in [0.717, 1.165) is 12.1 Å². The van der Waals surface area contributed by atoms with Crippen LogP contribution in [-0.2, 0) is 26.0 Å². The van der Waals surface area contributed by atoms with Gasteiger partial charge in [-0.3, -0.25) is 9.59 Å². The lowest BCUT2D eigenvalue weighted by Crippen LogP contribution is -2.65. The Labute approximate surface area is 191 Å². The fraction of sp³-hybridized carbons (Fsp3) is 0.304. The van der Waals surface area contributed by atoms with E-state index in [9.17, 15) is 27.2 Å². The van der Waals surface area contributed by atoms with Crippen LogP contribution in [0.25, 0.3) is 22.3 Å². The third-order valence-electron chi connectivity index (χ3n) is 5.65. The quantitative estimate of drug-likeness (QED) is 0.304. The number of hydrogen-bond donors (Lipinski definition) is 0. The van der Waals surface area contributed by atoms with E-state index in [4.69, 9.17) is 4.74 Å². The van der Waals surface area contributed by atoms with E-state index in [1.54, 1.807) is 19.1 Å². The number of alkyl halides is 3. The molecule has 0 spiro atoms. The number of likely N-dealkylation sites (tertiary alicyclic amines) is 1. The van der Waals surface area contributed by atoms with Crippen LogP contribution in [0.1, 0.15) is 18.9 Å². The van der Waals surface area contributed by atoms with Crippen LogP contribution in [0.15, 0.2) is 55.0 Å². The zero-order valence-corrected chi connectivity index (χ0v) is 18.1. The van der Waals surface area contributed by atoms with Crippen molar-refractivity contribution in [2.45, 2.75) is 25.1 Å². The number of pyridine rings is 1. The molecule has 0 radical (unpaired) electrons.